The van der Waals surface area contributed by atoms with Gasteiger partial charge in [0.05, 0.1) is 5.69 Å². The Morgan fingerprint density at radius 2 is 2.07 bits per heavy atom. The molecule has 15 heavy (non-hydrogen) atoms. The lowest BCUT2D eigenvalue weighted by Crippen LogP contribution is -1.97. The first-order chi connectivity index (χ1) is 7.25. The minimum Gasteiger partial charge on any atom is -0.399 e. The molecule has 3 N–H and O–H groups in total. The average Bonchev–Trinajstić information content (AvgIpc) is 2.25. The molecule has 0 saturated carbocycles. The van der Waals surface area contributed by atoms with E-state index in [1.54, 1.807) is 18.3 Å². The fourth-order valence-corrected chi connectivity index (χ4v) is 1.21. The van der Waals surface area contributed by atoms with Crippen molar-refractivity contribution in [3.05, 3.63) is 48.4 Å². The molecule has 0 aliphatic heterocycles. The lowest BCUT2D eigenvalue weighted by molar-refractivity contribution is 0.632. The van der Waals surface area contributed by atoms with Crippen molar-refractivity contribution in [2.24, 2.45) is 0 Å². The molecule has 0 bridgehead atoms. The van der Waals surface area contributed by atoms with Gasteiger partial charge in [-0.05, 0) is 30.3 Å². The van der Waals surface area contributed by atoms with Crippen molar-refractivity contribution in [1.82, 2.24) is 4.98 Å². The molecule has 0 aliphatic carbocycles. The standard InChI is InChI=1S/C11H10FN3/c12-9-5-4-8(13)7-10(9)15-11-3-1-2-6-14-11/h1-7H,13H2,(H,14,15). The summed E-state index contributed by atoms with van der Waals surface area (Å²) in [5, 5.41) is 2.85. The molecule has 0 amide bonds. The number of hydrogen-bond acceptors (Lipinski definition) is 3. The van der Waals surface area contributed by atoms with Crippen LogP contribution >= 0.6 is 0 Å². The maximum absolute atomic E-state index is 13.3. The van der Waals surface area contributed by atoms with Crippen LogP contribution < -0.4 is 11.1 Å². The van der Waals surface area contributed by atoms with E-state index in [4.69, 9.17) is 5.73 Å². The third-order valence-corrected chi connectivity index (χ3v) is 1.92. The topological polar surface area (TPSA) is 50.9 Å². The minimum absolute atomic E-state index is 0.328. The summed E-state index contributed by atoms with van der Waals surface area (Å²) in [6.07, 6.45) is 1.63. The monoisotopic (exact) mass is 203 g/mol. The lowest BCUT2D eigenvalue weighted by Gasteiger charge is -2.06. The lowest BCUT2D eigenvalue weighted by atomic mass is 10.2. The van der Waals surface area contributed by atoms with Crippen LogP contribution in [0.4, 0.5) is 21.6 Å². The van der Waals surface area contributed by atoms with Crippen LogP contribution in [0.3, 0.4) is 0 Å². The fraction of sp³-hybridized carbons (Fsp3) is 0. The van der Waals surface area contributed by atoms with Crippen LogP contribution in [0.5, 0.6) is 0 Å². The average molecular weight is 203 g/mol. The number of nitrogens with zero attached hydrogens (tertiary/aromatic N) is 1. The molecule has 1 heterocycles. The summed E-state index contributed by atoms with van der Waals surface area (Å²) in [7, 11) is 0. The van der Waals surface area contributed by atoms with Gasteiger partial charge in [0.1, 0.15) is 11.6 Å². The molecule has 0 fully saturated rings. The molecule has 76 valence electrons. The number of benzene rings is 1. The Morgan fingerprint density at radius 1 is 1.20 bits per heavy atom. The van der Waals surface area contributed by atoms with E-state index in [-0.39, 0.29) is 5.82 Å². The number of nitrogens with two attached hydrogens (primary N) is 1. The van der Waals surface area contributed by atoms with Crippen molar-refractivity contribution >= 4 is 17.2 Å². The fourth-order valence-electron chi connectivity index (χ4n) is 1.21. The minimum atomic E-state index is -0.352. The molecule has 0 saturated heterocycles. The van der Waals surface area contributed by atoms with E-state index in [1.165, 1.54) is 18.2 Å². The van der Waals surface area contributed by atoms with E-state index in [0.29, 0.717) is 17.2 Å². The van der Waals surface area contributed by atoms with Crippen molar-refractivity contribution in [3.63, 3.8) is 0 Å². The van der Waals surface area contributed by atoms with Crippen molar-refractivity contribution in [3.8, 4) is 0 Å². The second kappa shape index (κ2) is 3.96. The molecule has 0 atom stereocenters. The smallest absolute Gasteiger partial charge is 0.146 e. The summed E-state index contributed by atoms with van der Waals surface area (Å²) in [5.74, 6) is 0.233. The molecule has 3 nitrogen and oxygen atoms in total. The van der Waals surface area contributed by atoms with Gasteiger partial charge in [-0.3, -0.25) is 0 Å². The Labute approximate surface area is 86.8 Å². The van der Waals surface area contributed by atoms with E-state index < -0.39 is 0 Å². The maximum atomic E-state index is 13.3. The normalized spacial score (nSPS) is 9.93. The third-order valence-electron chi connectivity index (χ3n) is 1.92. The van der Waals surface area contributed by atoms with Crippen LogP contribution in [0.2, 0.25) is 0 Å². The zero-order valence-corrected chi connectivity index (χ0v) is 7.94. The van der Waals surface area contributed by atoms with E-state index in [0.717, 1.165) is 0 Å². The summed E-state index contributed by atoms with van der Waals surface area (Å²) in [6, 6.07) is 9.73. The largest absolute Gasteiger partial charge is 0.399 e. The van der Waals surface area contributed by atoms with Crippen LogP contribution in [-0.4, -0.2) is 4.98 Å². The van der Waals surface area contributed by atoms with Gasteiger partial charge in [0.15, 0.2) is 0 Å². The first kappa shape index (κ1) is 9.45. The number of hydrogen-bond donors (Lipinski definition) is 2. The van der Waals surface area contributed by atoms with Gasteiger partial charge in [0, 0.05) is 11.9 Å². The molecule has 2 aromatic rings. The molecule has 0 unspecified atom stereocenters. The summed E-state index contributed by atoms with van der Waals surface area (Å²) >= 11 is 0. The molecule has 1 aromatic carbocycles. The van der Waals surface area contributed by atoms with Crippen LogP contribution in [0.1, 0.15) is 0 Å². The third kappa shape index (κ3) is 2.22. The number of rotatable bonds is 2. The first-order valence-electron chi connectivity index (χ1n) is 4.49. The summed E-state index contributed by atoms with van der Waals surface area (Å²) in [5.41, 5.74) is 6.39. The van der Waals surface area contributed by atoms with Gasteiger partial charge < -0.3 is 11.1 Å². The molecule has 1 aromatic heterocycles. The molecular weight excluding hydrogens is 193 g/mol. The molecular formula is C11H10FN3. The quantitative estimate of drug-likeness (QED) is 0.737. The molecule has 0 spiro atoms. The summed E-state index contributed by atoms with van der Waals surface area (Å²) in [4.78, 5) is 4.03. The predicted octanol–water partition coefficient (Wildman–Crippen LogP) is 2.55. The zero-order chi connectivity index (χ0) is 10.7. The number of nitrogens with one attached hydrogen (secondary N) is 1. The van der Waals surface area contributed by atoms with Crippen LogP contribution in [-0.2, 0) is 0 Å². The highest BCUT2D eigenvalue weighted by Crippen LogP contribution is 2.20. The number of halogens is 1. The van der Waals surface area contributed by atoms with Gasteiger partial charge in [-0.2, -0.15) is 0 Å². The molecule has 0 aliphatic rings. The number of anilines is 3. The number of pyridine rings is 1. The molecule has 4 heteroatoms. The van der Waals surface area contributed by atoms with Crippen LogP contribution in [0, 0.1) is 5.82 Å². The Hall–Kier alpha value is -2.10. The Bertz CT molecular complexity index is 457. The zero-order valence-electron chi connectivity index (χ0n) is 7.94. The van der Waals surface area contributed by atoms with E-state index in [1.807, 2.05) is 6.07 Å². The van der Waals surface area contributed by atoms with Gasteiger partial charge in [-0.1, -0.05) is 6.07 Å². The maximum Gasteiger partial charge on any atom is 0.146 e. The van der Waals surface area contributed by atoms with Gasteiger partial charge in [0.25, 0.3) is 0 Å². The highest BCUT2D eigenvalue weighted by molar-refractivity contribution is 5.61. The van der Waals surface area contributed by atoms with Crippen molar-refractivity contribution in [2.75, 3.05) is 11.1 Å². The van der Waals surface area contributed by atoms with E-state index in [9.17, 15) is 4.39 Å². The Balaban J connectivity index is 2.28. The molecule has 0 radical (unpaired) electrons. The Morgan fingerprint density at radius 3 is 2.80 bits per heavy atom. The van der Waals surface area contributed by atoms with Crippen molar-refractivity contribution in [1.29, 1.82) is 0 Å². The highest BCUT2D eigenvalue weighted by Gasteiger charge is 2.02. The predicted molar refractivity (Wildman–Crippen MR) is 58.3 cm³/mol. The second-order valence-electron chi connectivity index (χ2n) is 3.08. The summed E-state index contributed by atoms with van der Waals surface area (Å²) in [6.45, 7) is 0. The van der Waals surface area contributed by atoms with Crippen LogP contribution in [0.15, 0.2) is 42.6 Å². The highest BCUT2D eigenvalue weighted by atomic mass is 19.1. The Kier molecular flexibility index (Phi) is 2.49. The SMILES string of the molecule is Nc1ccc(F)c(Nc2ccccn2)c1. The van der Waals surface area contributed by atoms with Crippen LogP contribution in [0.25, 0.3) is 0 Å². The van der Waals surface area contributed by atoms with E-state index in [2.05, 4.69) is 10.3 Å². The summed E-state index contributed by atoms with van der Waals surface area (Å²) < 4.78 is 13.3. The molecule has 2 rings (SSSR count). The van der Waals surface area contributed by atoms with Gasteiger partial charge in [0.2, 0.25) is 0 Å². The number of aromatic nitrogens is 1. The van der Waals surface area contributed by atoms with Gasteiger partial charge in [-0.25, -0.2) is 9.37 Å². The van der Waals surface area contributed by atoms with Gasteiger partial charge >= 0.3 is 0 Å². The number of nitrogen functional groups attached to an aromatic ring is 1. The van der Waals surface area contributed by atoms with Crippen molar-refractivity contribution in [2.45, 2.75) is 0 Å². The second-order valence-corrected chi connectivity index (χ2v) is 3.08. The van der Waals surface area contributed by atoms with Gasteiger partial charge in [-0.15, -0.1) is 0 Å². The van der Waals surface area contributed by atoms with Crippen molar-refractivity contribution < 1.29 is 4.39 Å². The van der Waals surface area contributed by atoms with E-state index >= 15 is 0 Å². The first-order valence-corrected chi connectivity index (χ1v) is 4.49.